The van der Waals surface area contributed by atoms with E-state index in [0.717, 1.165) is 19.2 Å². The van der Waals surface area contributed by atoms with Gasteiger partial charge in [0, 0.05) is 28.6 Å². The smallest absolute Gasteiger partial charge is 0.352 e. The van der Waals surface area contributed by atoms with Gasteiger partial charge in [0.05, 0.1) is 18.6 Å². The van der Waals surface area contributed by atoms with Crippen LogP contribution in [0.25, 0.3) is 0 Å². The first-order valence-electron chi connectivity index (χ1n) is 11.1. The average Bonchev–Trinajstić information content (AvgIpc) is 2.74. The van der Waals surface area contributed by atoms with Gasteiger partial charge in [-0.3, -0.25) is 9.59 Å². The normalized spacial score (nSPS) is 13.6. The fourth-order valence-corrected chi connectivity index (χ4v) is 5.08. The molecule has 1 atom stereocenters. The van der Waals surface area contributed by atoms with E-state index >= 15 is 0 Å². The Hall–Kier alpha value is -2.87. The molecule has 2 aromatic carbocycles. The third kappa shape index (κ3) is 8.07. The van der Waals surface area contributed by atoms with Crippen molar-refractivity contribution >= 4 is 38.9 Å². The van der Waals surface area contributed by atoms with Gasteiger partial charge >= 0.3 is 18.0 Å². The number of sulfone groups is 1. The van der Waals surface area contributed by atoms with E-state index in [1.165, 1.54) is 25.1 Å². The number of rotatable bonds is 9. The second-order valence-corrected chi connectivity index (χ2v) is 11.6. The van der Waals surface area contributed by atoms with Crippen LogP contribution in [0, 0.1) is 6.92 Å². The van der Waals surface area contributed by atoms with E-state index in [-0.39, 0.29) is 52.1 Å². The van der Waals surface area contributed by atoms with Gasteiger partial charge in [0.25, 0.3) is 0 Å². The van der Waals surface area contributed by atoms with Crippen molar-refractivity contribution in [3.8, 4) is 0 Å². The Morgan fingerprint density at radius 2 is 1.54 bits per heavy atom. The van der Waals surface area contributed by atoms with Crippen molar-refractivity contribution < 1.29 is 48.7 Å². The molecule has 0 fully saturated rings. The number of hydrogen-bond acceptors (Lipinski definition) is 4. The van der Waals surface area contributed by atoms with Crippen molar-refractivity contribution in [2.45, 2.75) is 50.8 Å². The summed E-state index contributed by atoms with van der Waals surface area (Å²) in [5.41, 5.74) is -7.18. The minimum Gasteiger partial charge on any atom is -0.352 e. The Balaban J connectivity index is 2.23. The highest BCUT2D eigenvalue weighted by Gasteiger charge is 2.73. The number of anilines is 1. The van der Waals surface area contributed by atoms with E-state index in [2.05, 4.69) is 10.6 Å². The molecule has 2 amide bonds. The number of alkyl halides is 7. The van der Waals surface area contributed by atoms with Crippen LogP contribution < -0.4 is 10.6 Å². The average molecular weight is 605 g/mol. The second kappa shape index (κ2) is 11.7. The van der Waals surface area contributed by atoms with E-state index < -0.39 is 51.3 Å². The number of nitrogens with one attached hydrogen (secondary N) is 2. The summed E-state index contributed by atoms with van der Waals surface area (Å²) in [5.74, 6) is -1.63. The molecule has 0 unspecified atom stereocenters. The summed E-state index contributed by atoms with van der Waals surface area (Å²) in [7, 11) is -3.36. The van der Waals surface area contributed by atoms with Gasteiger partial charge in [-0.2, -0.15) is 26.3 Å². The van der Waals surface area contributed by atoms with Crippen LogP contribution in [0.2, 0.25) is 5.02 Å². The number of benzene rings is 2. The molecule has 2 aromatic rings. The Morgan fingerprint density at radius 3 is 2.05 bits per heavy atom. The minimum atomic E-state index is -6.28. The van der Waals surface area contributed by atoms with Gasteiger partial charge in [-0.25, -0.2) is 12.8 Å². The van der Waals surface area contributed by atoms with Gasteiger partial charge in [-0.1, -0.05) is 35.9 Å². The number of carbonyl (C=O) groups excluding carboxylic acids is 2. The lowest BCUT2D eigenvalue weighted by molar-refractivity contribution is -0.348. The van der Waals surface area contributed by atoms with Crippen LogP contribution in [0.5, 0.6) is 0 Å². The number of aryl methyl sites for hydroxylation is 1. The van der Waals surface area contributed by atoms with Gasteiger partial charge in [0.15, 0.2) is 0 Å². The van der Waals surface area contributed by atoms with Gasteiger partial charge in [0.2, 0.25) is 11.8 Å². The molecule has 0 bridgehead atoms. The zero-order valence-corrected chi connectivity index (χ0v) is 22.3. The lowest BCUT2D eigenvalue weighted by Crippen LogP contribution is -2.50. The standard InChI is InChI=1S/C24H24ClF7N2O4S/c1-13-9-16(22(26,23(27,28)29)24(30,31)32)7-8-19(13)34-20(35)10-15-5-4-6-18(25)17(15)11-21(36)33-14(2)12-39(3,37)38/h4-9,14H,10-12H2,1-3H3,(H,33,36)(H,34,35)/t14-/m0/s1. The molecule has 0 saturated carbocycles. The molecule has 6 nitrogen and oxygen atoms in total. The lowest BCUT2D eigenvalue weighted by atomic mass is 9.92. The van der Waals surface area contributed by atoms with Crippen molar-refractivity contribution in [3.63, 3.8) is 0 Å². The van der Waals surface area contributed by atoms with Crippen LogP contribution in [-0.4, -0.2) is 50.6 Å². The highest BCUT2D eigenvalue weighted by Crippen LogP contribution is 2.53. The van der Waals surface area contributed by atoms with E-state index in [1.54, 1.807) is 0 Å². The molecule has 0 radical (unpaired) electrons. The van der Waals surface area contributed by atoms with Crippen molar-refractivity contribution in [3.05, 3.63) is 63.7 Å². The zero-order valence-electron chi connectivity index (χ0n) is 20.7. The minimum absolute atomic E-state index is 0.130. The van der Waals surface area contributed by atoms with Crippen LogP contribution in [0.4, 0.5) is 36.4 Å². The highest BCUT2D eigenvalue weighted by molar-refractivity contribution is 7.90. The Kier molecular flexibility index (Phi) is 9.71. The molecule has 2 N–H and O–H groups in total. The van der Waals surface area contributed by atoms with Crippen molar-refractivity contribution in [1.29, 1.82) is 0 Å². The van der Waals surface area contributed by atoms with Crippen LogP contribution >= 0.6 is 11.6 Å². The SMILES string of the molecule is Cc1cc(C(F)(C(F)(F)F)C(F)(F)F)ccc1NC(=O)Cc1cccc(Cl)c1CC(=O)N[C@@H](C)CS(C)(=O)=O. The molecule has 39 heavy (non-hydrogen) atoms. The molecule has 0 aliphatic rings. The number of halogens is 8. The largest absolute Gasteiger partial charge is 0.435 e. The molecule has 216 valence electrons. The highest BCUT2D eigenvalue weighted by atomic mass is 35.5. The van der Waals surface area contributed by atoms with Crippen molar-refractivity contribution in [2.24, 2.45) is 0 Å². The molecule has 0 aliphatic carbocycles. The van der Waals surface area contributed by atoms with Gasteiger partial charge < -0.3 is 10.6 Å². The number of hydrogen-bond donors (Lipinski definition) is 2. The molecule has 0 aromatic heterocycles. The van der Waals surface area contributed by atoms with Crippen LogP contribution in [0.3, 0.4) is 0 Å². The molecule has 0 aliphatic heterocycles. The summed E-state index contributed by atoms with van der Waals surface area (Å²) < 4.78 is 115. The zero-order chi connectivity index (χ0) is 30.0. The fraction of sp³-hybridized carbons (Fsp3) is 0.417. The first kappa shape index (κ1) is 32.3. The third-order valence-electron chi connectivity index (χ3n) is 5.54. The summed E-state index contributed by atoms with van der Waals surface area (Å²) in [6.45, 7) is 2.59. The maximum Gasteiger partial charge on any atom is 0.435 e. The fourth-order valence-electron chi connectivity index (χ4n) is 3.82. The van der Waals surface area contributed by atoms with Crippen molar-refractivity contribution in [2.75, 3.05) is 17.3 Å². The van der Waals surface area contributed by atoms with E-state index in [1.807, 2.05) is 0 Å². The number of carbonyl (C=O) groups is 2. The first-order valence-corrected chi connectivity index (χ1v) is 13.6. The molecule has 0 saturated heterocycles. The van der Waals surface area contributed by atoms with Gasteiger partial charge in [-0.15, -0.1) is 0 Å². The predicted octanol–water partition coefficient (Wildman–Crippen LogP) is 5.21. The van der Waals surface area contributed by atoms with E-state index in [0.29, 0.717) is 6.07 Å². The van der Waals surface area contributed by atoms with Crippen molar-refractivity contribution in [1.82, 2.24) is 5.32 Å². The quantitative estimate of drug-likeness (QED) is 0.385. The molecule has 0 heterocycles. The van der Waals surface area contributed by atoms with Crippen LogP contribution in [0.15, 0.2) is 36.4 Å². The molecule has 15 heteroatoms. The summed E-state index contributed by atoms with van der Waals surface area (Å²) in [6, 6.07) is 5.09. The molecular weight excluding hydrogens is 581 g/mol. The summed E-state index contributed by atoms with van der Waals surface area (Å²) in [4.78, 5) is 25.1. The Morgan fingerprint density at radius 1 is 0.949 bits per heavy atom. The summed E-state index contributed by atoms with van der Waals surface area (Å²) in [6.07, 6.45) is -12.2. The lowest BCUT2D eigenvalue weighted by Gasteiger charge is -2.30. The second-order valence-electron chi connectivity index (χ2n) is 9.02. The maximum absolute atomic E-state index is 14.3. The summed E-state index contributed by atoms with van der Waals surface area (Å²) >= 11 is 6.19. The topological polar surface area (TPSA) is 92.3 Å². The van der Waals surface area contributed by atoms with E-state index in [9.17, 15) is 48.7 Å². The van der Waals surface area contributed by atoms with E-state index in [4.69, 9.17) is 11.6 Å². The van der Waals surface area contributed by atoms with Gasteiger partial charge in [0.1, 0.15) is 9.84 Å². The maximum atomic E-state index is 14.3. The van der Waals surface area contributed by atoms with Gasteiger partial charge in [-0.05, 0) is 42.7 Å². The Labute approximate surface area is 224 Å². The molecule has 2 rings (SSSR count). The molecule has 0 spiro atoms. The Bertz CT molecular complexity index is 1330. The number of amides is 2. The predicted molar refractivity (Wildman–Crippen MR) is 131 cm³/mol. The monoisotopic (exact) mass is 604 g/mol. The van der Waals surface area contributed by atoms with Crippen LogP contribution in [-0.2, 0) is 37.9 Å². The summed E-state index contributed by atoms with van der Waals surface area (Å²) in [5, 5.41) is 4.98. The molecular formula is C24H24ClF7N2O4S. The third-order valence-corrected chi connectivity index (χ3v) is 7.00. The first-order chi connectivity index (χ1) is 17.7. The van der Waals surface area contributed by atoms with Crippen LogP contribution in [0.1, 0.15) is 29.2 Å².